The predicted octanol–water partition coefficient (Wildman–Crippen LogP) is -0.00130. The minimum absolute atomic E-state index is 0.465. The molecule has 1 aliphatic heterocycles. The molecule has 0 saturated heterocycles. The summed E-state index contributed by atoms with van der Waals surface area (Å²) in [5.74, 6) is 0. The highest BCUT2D eigenvalue weighted by Crippen LogP contribution is 2.01. The molecule has 1 aromatic heterocycles. The average Bonchev–Trinajstić information content (AvgIpc) is 2.76. The van der Waals surface area contributed by atoms with Crippen LogP contribution >= 0.6 is 0 Å². The van der Waals surface area contributed by atoms with E-state index >= 15 is 0 Å². The lowest BCUT2D eigenvalue weighted by molar-refractivity contribution is 0.280. The monoisotopic (exact) mass is 207 g/mol. The van der Waals surface area contributed by atoms with Crippen molar-refractivity contribution in [2.75, 3.05) is 19.6 Å². The van der Waals surface area contributed by atoms with E-state index in [2.05, 4.69) is 27.4 Å². The zero-order valence-electron chi connectivity index (χ0n) is 8.84. The quantitative estimate of drug-likeness (QED) is 0.706. The fraction of sp³-hybridized carbons (Fsp3) is 0.600. The number of hydrogen-bond acceptors (Lipinski definition) is 4. The molecular formula is C10H17N5. The highest BCUT2D eigenvalue weighted by Gasteiger charge is 2.06. The number of rotatable bonds is 4. The Balaban J connectivity index is 1.79. The standard InChI is InChI=1S/C10H17N5/c11-8-10-9-15(13-12-10)7-6-14-4-2-1-3-5-14/h1-2,9H,3-8,11H2. The topological polar surface area (TPSA) is 60.0 Å². The van der Waals surface area contributed by atoms with Crippen molar-refractivity contribution in [1.29, 1.82) is 0 Å². The third-order valence-corrected chi connectivity index (χ3v) is 2.58. The summed E-state index contributed by atoms with van der Waals surface area (Å²) < 4.78 is 1.86. The third-order valence-electron chi connectivity index (χ3n) is 2.58. The van der Waals surface area contributed by atoms with Gasteiger partial charge in [0.25, 0.3) is 0 Å². The van der Waals surface area contributed by atoms with E-state index in [-0.39, 0.29) is 0 Å². The molecule has 0 bridgehead atoms. The van der Waals surface area contributed by atoms with Crippen molar-refractivity contribution in [3.8, 4) is 0 Å². The van der Waals surface area contributed by atoms with Gasteiger partial charge in [-0.25, -0.2) is 0 Å². The van der Waals surface area contributed by atoms with E-state index < -0.39 is 0 Å². The molecule has 0 spiro atoms. The molecule has 2 N–H and O–H groups in total. The Bertz CT molecular complexity index is 330. The van der Waals surface area contributed by atoms with Crippen LogP contribution < -0.4 is 5.73 Å². The molecule has 82 valence electrons. The van der Waals surface area contributed by atoms with E-state index in [1.165, 1.54) is 0 Å². The molecule has 0 fully saturated rings. The van der Waals surface area contributed by atoms with E-state index in [9.17, 15) is 0 Å². The van der Waals surface area contributed by atoms with E-state index in [4.69, 9.17) is 5.73 Å². The van der Waals surface area contributed by atoms with Crippen LogP contribution in [0.25, 0.3) is 0 Å². The maximum atomic E-state index is 5.47. The van der Waals surface area contributed by atoms with Crippen molar-refractivity contribution >= 4 is 0 Å². The van der Waals surface area contributed by atoms with Gasteiger partial charge in [0, 0.05) is 32.4 Å². The first kappa shape index (κ1) is 10.3. The van der Waals surface area contributed by atoms with Gasteiger partial charge >= 0.3 is 0 Å². The first-order valence-corrected chi connectivity index (χ1v) is 5.35. The number of aromatic nitrogens is 3. The van der Waals surface area contributed by atoms with Crippen LogP contribution in [0.4, 0.5) is 0 Å². The van der Waals surface area contributed by atoms with E-state index in [1.54, 1.807) is 0 Å². The summed E-state index contributed by atoms with van der Waals surface area (Å²) in [6.45, 7) is 4.58. The Morgan fingerprint density at radius 2 is 2.27 bits per heavy atom. The molecule has 0 aliphatic carbocycles. The molecule has 0 unspecified atom stereocenters. The van der Waals surface area contributed by atoms with Gasteiger partial charge in [0.15, 0.2) is 0 Å². The smallest absolute Gasteiger partial charge is 0.0962 e. The molecule has 0 aromatic carbocycles. The van der Waals surface area contributed by atoms with Crippen LogP contribution in [0.2, 0.25) is 0 Å². The van der Waals surface area contributed by atoms with Crippen LogP contribution in [0.15, 0.2) is 18.3 Å². The molecule has 0 amide bonds. The van der Waals surface area contributed by atoms with Crippen molar-refractivity contribution in [1.82, 2.24) is 19.9 Å². The molecule has 1 aliphatic rings. The fourth-order valence-electron chi connectivity index (χ4n) is 1.68. The SMILES string of the molecule is NCc1cn(CCN2CC=CCC2)nn1. The number of hydrogen-bond donors (Lipinski definition) is 1. The maximum absolute atomic E-state index is 5.47. The van der Waals surface area contributed by atoms with Crippen LogP contribution in [0.5, 0.6) is 0 Å². The lowest BCUT2D eigenvalue weighted by Crippen LogP contribution is -2.30. The summed E-state index contributed by atoms with van der Waals surface area (Å²) in [4.78, 5) is 2.41. The van der Waals surface area contributed by atoms with Crippen LogP contribution in [-0.4, -0.2) is 39.5 Å². The molecule has 2 rings (SSSR count). The maximum Gasteiger partial charge on any atom is 0.0962 e. The summed E-state index contributed by atoms with van der Waals surface area (Å²) in [5, 5.41) is 7.97. The van der Waals surface area contributed by atoms with Crippen LogP contribution in [-0.2, 0) is 13.1 Å². The summed E-state index contributed by atoms with van der Waals surface area (Å²) in [6, 6.07) is 0. The molecule has 15 heavy (non-hydrogen) atoms. The fourth-order valence-corrected chi connectivity index (χ4v) is 1.68. The Kier molecular flexibility index (Phi) is 3.47. The van der Waals surface area contributed by atoms with Gasteiger partial charge in [-0.3, -0.25) is 9.58 Å². The largest absolute Gasteiger partial charge is 0.325 e. The summed E-state index contributed by atoms with van der Waals surface area (Å²) in [7, 11) is 0. The van der Waals surface area contributed by atoms with Crippen molar-refractivity contribution < 1.29 is 0 Å². The van der Waals surface area contributed by atoms with Gasteiger partial charge in [0.2, 0.25) is 0 Å². The minimum Gasteiger partial charge on any atom is -0.325 e. The summed E-state index contributed by atoms with van der Waals surface area (Å²) in [5.41, 5.74) is 6.32. The van der Waals surface area contributed by atoms with Gasteiger partial charge in [0.05, 0.1) is 12.2 Å². The average molecular weight is 207 g/mol. The lowest BCUT2D eigenvalue weighted by Gasteiger charge is -2.22. The van der Waals surface area contributed by atoms with Gasteiger partial charge in [-0.05, 0) is 6.42 Å². The van der Waals surface area contributed by atoms with Crippen LogP contribution in [0, 0.1) is 0 Å². The highest BCUT2D eigenvalue weighted by molar-refractivity contribution is 4.92. The molecule has 1 aromatic rings. The van der Waals surface area contributed by atoms with Crippen molar-refractivity contribution in [2.45, 2.75) is 19.5 Å². The van der Waals surface area contributed by atoms with Crippen molar-refractivity contribution in [3.05, 3.63) is 24.0 Å². The Morgan fingerprint density at radius 3 is 2.93 bits per heavy atom. The summed E-state index contributed by atoms with van der Waals surface area (Å²) in [6.07, 6.45) is 7.53. The number of nitrogens with zero attached hydrogens (tertiary/aromatic N) is 4. The molecular weight excluding hydrogens is 190 g/mol. The van der Waals surface area contributed by atoms with Crippen molar-refractivity contribution in [3.63, 3.8) is 0 Å². The highest BCUT2D eigenvalue weighted by atomic mass is 15.4. The van der Waals surface area contributed by atoms with E-state index in [0.717, 1.165) is 38.3 Å². The second kappa shape index (κ2) is 5.04. The molecule has 5 nitrogen and oxygen atoms in total. The van der Waals surface area contributed by atoms with E-state index in [1.807, 2.05) is 10.9 Å². The Hall–Kier alpha value is -1.20. The number of nitrogens with two attached hydrogens (primary N) is 1. The van der Waals surface area contributed by atoms with Gasteiger partial charge in [0.1, 0.15) is 0 Å². The van der Waals surface area contributed by atoms with Crippen LogP contribution in [0.3, 0.4) is 0 Å². The third kappa shape index (κ3) is 2.87. The molecule has 0 radical (unpaired) electrons. The van der Waals surface area contributed by atoms with Crippen molar-refractivity contribution in [2.24, 2.45) is 5.73 Å². The lowest BCUT2D eigenvalue weighted by atomic mass is 10.2. The van der Waals surface area contributed by atoms with Gasteiger partial charge in [-0.1, -0.05) is 17.4 Å². The summed E-state index contributed by atoms with van der Waals surface area (Å²) >= 11 is 0. The van der Waals surface area contributed by atoms with E-state index in [0.29, 0.717) is 6.54 Å². The second-order valence-electron chi connectivity index (χ2n) is 3.74. The molecule has 5 heteroatoms. The van der Waals surface area contributed by atoms with Gasteiger partial charge in [-0.2, -0.15) is 0 Å². The molecule has 2 heterocycles. The predicted molar refractivity (Wildman–Crippen MR) is 58.1 cm³/mol. The van der Waals surface area contributed by atoms with Gasteiger partial charge in [-0.15, -0.1) is 5.10 Å². The Labute approximate surface area is 89.6 Å². The Morgan fingerprint density at radius 1 is 1.33 bits per heavy atom. The minimum atomic E-state index is 0.465. The van der Waals surface area contributed by atoms with Crippen LogP contribution in [0.1, 0.15) is 12.1 Å². The van der Waals surface area contributed by atoms with Gasteiger partial charge < -0.3 is 5.73 Å². The zero-order chi connectivity index (χ0) is 10.5. The normalized spacial score (nSPS) is 17.1. The molecule has 0 atom stereocenters. The second-order valence-corrected chi connectivity index (χ2v) is 3.74. The first-order chi connectivity index (χ1) is 7.38. The molecule has 0 saturated carbocycles. The zero-order valence-corrected chi connectivity index (χ0v) is 8.84. The first-order valence-electron chi connectivity index (χ1n) is 5.35.